The van der Waals surface area contributed by atoms with Gasteiger partial charge in [-0.2, -0.15) is 0 Å². The normalized spacial score (nSPS) is 16.3. The highest BCUT2D eigenvalue weighted by Gasteiger charge is 2.18. The number of thioether (sulfide) groups is 1. The van der Waals surface area contributed by atoms with E-state index in [1.807, 2.05) is 18.8 Å². The number of nitrogens with zero attached hydrogens (tertiary/aromatic N) is 1. The molecule has 0 aliphatic heterocycles. The van der Waals surface area contributed by atoms with Crippen LogP contribution in [0.4, 0.5) is 0 Å². The number of fused-ring (bicyclic) bond motifs is 1. The molecule has 1 aromatic heterocycles. The maximum Gasteiger partial charge on any atom is 0.101 e. The lowest BCUT2D eigenvalue weighted by Crippen LogP contribution is -2.08. The quantitative estimate of drug-likeness (QED) is 0.911. The van der Waals surface area contributed by atoms with Gasteiger partial charge in [-0.1, -0.05) is 31.0 Å². The Morgan fingerprint density at radius 1 is 1.26 bits per heavy atom. The molecule has 1 aliphatic rings. The third-order valence-electron chi connectivity index (χ3n) is 3.71. The number of nitrogens with one attached hydrogen (secondary N) is 1. The number of rotatable bonds is 4. The fraction of sp³-hybridized carbons (Fsp3) is 0.438. The SMILES string of the molecule is CNCc1cc2ccccc2nc1SC1CCCC1. The fourth-order valence-corrected chi connectivity index (χ4v) is 4.04. The molecule has 0 saturated heterocycles. The van der Waals surface area contributed by atoms with Gasteiger partial charge in [-0.15, -0.1) is 11.8 Å². The molecule has 0 atom stereocenters. The van der Waals surface area contributed by atoms with Crippen molar-refractivity contribution < 1.29 is 0 Å². The third-order valence-corrected chi connectivity index (χ3v) is 5.09. The Bertz CT molecular complexity index is 562. The van der Waals surface area contributed by atoms with E-state index in [1.165, 1.54) is 41.7 Å². The predicted octanol–water partition coefficient (Wildman–Crippen LogP) is 3.99. The van der Waals surface area contributed by atoms with Crippen LogP contribution >= 0.6 is 11.8 Å². The Morgan fingerprint density at radius 2 is 2.05 bits per heavy atom. The lowest BCUT2D eigenvalue weighted by atomic mass is 10.1. The summed E-state index contributed by atoms with van der Waals surface area (Å²) in [6.07, 6.45) is 5.45. The second-order valence-corrected chi connectivity index (χ2v) is 6.49. The summed E-state index contributed by atoms with van der Waals surface area (Å²) in [6, 6.07) is 10.7. The first-order chi connectivity index (χ1) is 9.36. The first kappa shape index (κ1) is 12.9. The Labute approximate surface area is 119 Å². The van der Waals surface area contributed by atoms with Crippen molar-refractivity contribution in [2.45, 2.75) is 42.5 Å². The van der Waals surface area contributed by atoms with Crippen molar-refractivity contribution in [1.82, 2.24) is 10.3 Å². The Balaban J connectivity index is 1.96. The summed E-state index contributed by atoms with van der Waals surface area (Å²) in [4.78, 5) is 4.88. The van der Waals surface area contributed by atoms with E-state index >= 15 is 0 Å². The second kappa shape index (κ2) is 5.93. The Hall–Kier alpha value is -1.06. The average Bonchev–Trinajstić information content (AvgIpc) is 2.93. The van der Waals surface area contributed by atoms with E-state index < -0.39 is 0 Å². The zero-order valence-corrected chi connectivity index (χ0v) is 12.2. The van der Waals surface area contributed by atoms with E-state index in [9.17, 15) is 0 Å². The molecule has 0 amide bonds. The standard InChI is InChI=1S/C16H20N2S/c1-17-11-13-10-12-6-2-5-9-15(12)18-16(13)19-14-7-3-4-8-14/h2,5-6,9-10,14,17H,3-4,7-8,11H2,1H3. The molecule has 1 aliphatic carbocycles. The number of hydrogen-bond acceptors (Lipinski definition) is 3. The Kier molecular flexibility index (Phi) is 4.04. The largest absolute Gasteiger partial charge is 0.316 e. The van der Waals surface area contributed by atoms with Crippen LogP contribution in [0.3, 0.4) is 0 Å². The van der Waals surface area contributed by atoms with Crippen LogP contribution in [0.15, 0.2) is 35.4 Å². The van der Waals surface area contributed by atoms with Crippen LogP contribution in [0.2, 0.25) is 0 Å². The van der Waals surface area contributed by atoms with Gasteiger partial charge in [0.25, 0.3) is 0 Å². The molecule has 0 radical (unpaired) electrons. The summed E-state index contributed by atoms with van der Waals surface area (Å²) in [5.74, 6) is 0. The van der Waals surface area contributed by atoms with Crippen molar-refractivity contribution >= 4 is 22.7 Å². The van der Waals surface area contributed by atoms with Gasteiger partial charge in [0.05, 0.1) is 5.52 Å². The maximum absolute atomic E-state index is 4.88. The molecule has 3 rings (SSSR count). The van der Waals surface area contributed by atoms with Crippen LogP contribution in [0.25, 0.3) is 10.9 Å². The summed E-state index contributed by atoms with van der Waals surface area (Å²) < 4.78 is 0. The summed E-state index contributed by atoms with van der Waals surface area (Å²) in [5, 5.41) is 6.49. The highest BCUT2D eigenvalue weighted by molar-refractivity contribution is 7.99. The molecule has 100 valence electrons. The molecule has 0 unspecified atom stereocenters. The molecule has 1 heterocycles. The van der Waals surface area contributed by atoms with Crippen molar-refractivity contribution in [3.63, 3.8) is 0 Å². The van der Waals surface area contributed by atoms with Gasteiger partial charge in [0.1, 0.15) is 5.03 Å². The minimum atomic E-state index is 0.768. The lowest BCUT2D eigenvalue weighted by Gasteiger charge is -2.13. The molecule has 0 bridgehead atoms. The Morgan fingerprint density at radius 3 is 2.84 bits per heavy atom. The monoisotopic (exact) mass is 272 g/mol. The summed E-state index contributed by atoms with van der Waals surface area (Å²) in [7, 11) is 2.00. The van der Waals surface area contributed by atoms with Crippen LogP contribution in [-0.4, -0.2) is 17.3 Å². The van der Waals surface area contributed by atoms with Gasteiger partial charge in [0.2, 0.25) is 0 Å². The number of pyridine rings is 1. The van der Waals surface area contributed by atoms with Crippen molar-refractivity contribution in [3.05, 3.63) is 35.9 Å². The summed E-state index contributed by atoms with van der Waals surface area (Å²) in [5.41, 5.74) is 2.45. The van der Waals surface area contributed by atoms with Crippen LogP contribution < -0.4 is 5.32 Å². The molecular formula is C16H20N2S. The molecular weight excluding hydrogens is 252 g/mol. The molecule has 2 aromatic rings. The topological polar surface area (TPSA) is 24.9 Å². The van der Waals surface area contributed by atoms with Crippen molar-refractivity contribution in [2.24, 2.45) is 0 Å². The first-order valence-corrected chi connectivity index (χ1v) is 7.94. The number of hydrogen-bond donors (Lipinski definition) is 1. The molecule has 1 fully saturated rings. The van der Waals surface area contributed by atoms with Gasteiger partial charge >= 0.3 is 0 Å². The summed E-state index contributed by atoms with van der Waals surface area (Å²) >= 11 is 1.98. The number of aromatic nitrogens is 1. The molecule has 2 nitrogen and oxygen atoms in total. The van der Waals surface area contributed by atoms with Gasteiger partial charge in [-0.25, -0.2) is 4.98 Å². The van der Waals surface area contributed by atoms with E-state index in [1.54, 1.807) is 0 Å². The molecule has 19 heavy (non-hydrogen) atoms. The smallest absolute Gasteiger partial charge is 0.101 e. The molecule has 0 spiro atoms. The molecule has 1 aromatic carbocycles. The maximum atomic E-state index is 4.88. The molecule has 1 saturated carbocycles. The molecule has 3 heteroatoms. The highest BCUT2D eigenvalue weighted by Crippen LogP contribution is 2.36. The van der Waals surface area contributed by atoms with Crippen LogP contribution in [0.5, 0.6) is 0 Å². The van der Waals surface area contributed by atoms with Crippen LogP contribution in [-0.2, 0) is 6.54 Å². The van der Waals surface area contributed by atoms with Gasteiger partial charge in [-0.3, -0.25) is 0 Å². The molecule has 1 N–H and O–H groups in total. The average molecular weight is 272 g/mol. The van der Waals surface area contributed by atoms with E-state index in [0.717, 1.165) is 17.3 Å². The zero-order valence-electron chi connectivity index (χ0n) is 11.4. The zero-order chi connectivity index (χ0) is 13.1. The van der Waals surface area contributed by atoms with Crippen LogP contribution in [0.1, 0.15) is 31.2 Å². The third kappa shape index (κ3) is 2.93. The van der Waals surface area contributed by atoms with E-state index in [0.29, 0.717) is 0 Å². The number of benzene rings is 1. The first-order valence-electron chi connectivity index (χ1n) is 7.07. The van der Waals surface area contributed by atoms with E-state index in [2.05, 4.69) is 35.6 Å². The minimum Gasteiger partial charge on any atom is -0.316 e. The lowest BCUT2D eigenvalue weighted by molar-refractivity contribution is 0.791. The van der Waals surface area contributed by atoms with Gasteiger partial charge in [0, 0.05) is 17.2 Å². The van der Waals surface area contributed by atoms with Crippen molar-refractivity contribution in [3.8, 4) is 0 Å². The van der Waals surface area contributed by atoms with Crippen LogP contribution in [0, 0.1) is 0 Å². The predicted molar refractivity (Wildman–Crippen MR) is 82.6 cm³/mol. The van der Waals surface area contributed by atoms with Gasteiger partial charge in [-0.05, 0) is 37.6 Å². The highest BCUT2D eigenvalue weighted by atomic mass is 32.2. The van der Waals surface area contributed by atoms with E-state index in [4.69, 9.17) is 4.98 Å². The fourth-order valence-electron chi connectivity index (χ4n) is 2.73. The number of para-hydroxylation sites is 1. The summed E-state index contributed by atoms with van der Waals surface area (Å²) in [6.45, 7) is 0.896. The minimum absolute atomic E-state index is 0.768. The second-order valence-electron chi connectivity index (χ2n) is 5.20. The van der Waals surface area contributed by atoms with Gasteiger partial charge in [0.15, 0.2) is 0 Å². The van der Waals surface area contributed by atoms with E-state index in [-0.39, 0.29) is 0 Å². The van der Waals surface area contributed by atoms with Gasteiger partial charge < -0.3 is 5.32 Å². The van der Waals surface area contributed by atoms with Crippen molar-refractivity contribution in [1.29, 1.82) is 0 Å². The van der Waals surface area contributed by atoms with Crippen molar-refractivity contribution in [2.75, 3.05) is 7.05 Å².